The average Bonchev–Trinajstić information content (AvgIpc) is 2.38. The van der Waals surface area contributed by atoms with Crippen LogP contribution in [0.3, 0.4) is 0 Å². The summed E-state index contributed by atoms with van der Waals surface area (Å²) >= 11 is 0. The molecule has 2 rings (SSSR count). The molecule has 7 nitrogen and oxygen atoms in total. The van der Waals surface area contributed by atoms with Gasteiger partial charge in [-0.25, -0.2) is 9.37 Å². The van der Waals surface area contributed by atoms with E-state index in [0.29, 0.717) is 12.2 Å². The van der Waals surface area contributed by atoms with Gasteiger partial charge in [-0.2, -0.15) is 4.98 Å². The third kappa shape index (κ3) is 2.88. The van der Waals surface area contributed by atoms with Gasteiger partial charge >= 0.3 is 5.69 Å². The van der Waals surface area contributed by atoms with Crippen LogP contribution in [0.25, 0.3) is 0 Å². The number of benzene rings is 1. The summed E-state index contributed by atoms with van der Waals surface area (Å²) in [6.07, 6.45) is 0. The zero-order valence-corrected chi connectivity index (χ0v) is 11.6. The van der Waals surface area contributed by atoms with Crippen LogP contribution >= 0.6 is 0 Å². The molecule has 1 heterocycles. The number of nitro groups is 1. The van der Waals surface area contributed by atoms with Crippen LogP contribution < -0.4 is 10.6 Å². The monoisotopic (exact) mass is 291 g/mol. The van der Waals surface area contributed by atoms with Gasteiger partial charge in [-0.3, -0.25) is 10.1 Å². The molecule has 0 fully saturated rings. The van der Waals surface area contributed by atoms with Crippen molar-refractivity contribution in [1.82, 2.24) is 9.97 Å². The van der Waals surface area contributed by atoms with Crippen molar-refractivity contribution in [3.8, 4) is 0 Å². The maximum Gasteiger partial charge on any atom is 0.333 e. The molecular formula is C13H14FN5O2. The first kappa shape index (κ1) is 14.6. The van der Waals surface area contributed by atoms with Crippen LogP contribution in [0.2, 0.25) is 0 Å². The highest BCUT2D eigenvalue weighted by Crippen LogP contribution is 2.34. The number of nitrogens with two attached hydrogens (primary N) is 1. The number of nitrogen functional groups attached to an aromatic ring is 1. The van der Waals surface area contributed by atoms with Gasteiger partial charge in [-0.05, 0) is 32.0 Å². The first-order chi connectivity index (χ1) is 9.93. The third-order valence-corrected chi connectivity index (χ3v) is 2.93. The highest BCUT2D eigenvalue weighted by Gasteiger charge is 2.26. The molecule has 1 aromatic heterocycles. The molecule has 0 radical (unpaired) electrons. The minimum absolute atomic E-state index is 0.0538. The smallest absolute Gasteiger partial charge is 0.333 e. The van der Waals surface area contributed by atoms with E-state index in [2.05, 4.69) is 9.97 Å². The van der Waals surface area contributed by atoms with E-state index in [0.717, 1.165) is 0 Å². The van der Waals surface area contributed by atoms with E-state index in [-0.39, 0.29) is 23.1 Å². The lowest BCUT2D eigenvalue weighted by Crippen LogP contribution is -2.20. The van der Waals surface area contributed by atoms with Crippen molar-refractivity contribution >= 4 is 23.1 Å². The van der Waals surface area contributed by atoms with Crippen molar-refractivity contribution < 1.29 is 9.31 Å². The van der Waals surface area contributed by atoms with E-state index in [9.17, 15) is 14.5 Å². The van der Waals surface area contributed by atoms with Crippen LogP contribution in [-0.4, -0.2) is 21.4 Å². The van der Waals surface area contributed by atoms with E-state index in [1.807, 2.05) is 0 Å². The van der Waals surface area contributed by atoms with Gasteiger partial charge in [-0.1, -0.05) is 6.07 Å². The van der Waals surface area contributed by atoms with Crippen molar-refractivity contribution in [1.29, 1.82) is 0 Å². The van der Waals surface area contributed by atoms with Gasteiger partial charge in [-0.15, -0.1) is 0 Å². The second-order valence-corrected chi connectivity index (χ2v) is 4.32. The van der Waals surface area contributed by atoms with E-state index < -0.39 is 10.7 Å². The van der Waals surface area contributed by atoms with Crippen LogP contribution in [0.15, 0.2) is 24.3 Å². The predicted molar refractivity (Wildman–Crippen MR) is 76.9 cm³/mol. The van der Waals surface area contributed by atoms with Crippen molar-refractivity contribution in [2.75, 3.05) is 17.2 Å². The Labute approximate surface area is 120 Å². The molecule has 0 aliphatic rings. The fourth-order valence-electron chi connectivity index (χ4n) is 2.07. The van der Waals surface area contributed by atoms with E-state index in [4.69, 9.17) is 5.73 Å². The average molecular weight is 291 g/mol. The van der Waals surface area contributed by atoms with E-state index in [1.54, 1.807) is 13.0 Å². The summed E-state index contributed by atoms with van der Waals surface area (Å²) in [5, 5.41) is 11.3. The standard InChI is InChI=1S/C13H14FN5O2/c1-3-18(10-6-4-5-9(14)7-10)12-11(19(20)21)8(2)16-13(15)17-12/h4-7H,3H2,1-2H3,(H2,15,16,17). The number of hydrogen-bond donors (Lipinski definition) is 1. The van der Waals surface area contributed by atoms with Crippen LogP contribution in [0, 0.1) is 22.9 Å². The maximum absolute atomic E-state index is 13.4. The van der Waals surface area contributed by atoms with Gasteiger partial charge < -0.3 is 10.6 Å². The minimum Gasteiger partial charge on any atom is -0.368 e. The molecule has 0 atom stereocenters. The van der Waals surface area contributed by atoms with Gasteiger partial charge in [0.05, 0.1) is 4.92 Å². The number of hydrogen-bond acceptors (Lipinski definition) is 6. The molecule has 2 aromatic rings. The van der Waals surface area contributed by atoms with Gasteiger partial charge in [0.1, 0.15) is 11.5 Å². The van der Waals surface area contributed by atoms with Gasteiger partial charge in [0.25, 0.3) is 0 Å². The molecule has 0 amide bonds. The van der Waals surface area contributed by atoms with Crippen molar-refractivity contribution in [3.05, 3.63) is 45.9 Å². The molecule has 21 heavy (non-hydrogen) atoms. The number of halogens is 1. The van der Waals surface area contributed by atoms with E-state index in [1.165, 1.54) is 30.0 Å². The molecule has 2 N–H and O–H groups in total. The number of rotatable bonds is 4. The van der Waals surface area contributed by atoms with Gasteiger partial charge in [0.2, 0.25) is 11.8 Å². The zero-order chi connectivity index (χ0) is 15.6. The summed E-state index contributed by atoms with van der Waals surface area (Å²) in [7, 11) is 0. The molecule has 0 saturated heterocycles. The Bertz CT molecular complexity index is 692. The Hall–Kier alpha value is -2.77. The Morgan fingerprint density at radius 3 is 2.71 bits per heavy atom. The van der Waals surface area contributed by atoms with Crippen LogP contribution in [0.5, 0.6) is 0 Å². The summed E-state index contributed by atoms with van der Waals surface area (Å²) in [5.74, 6) is -0.451. The quantitative estimate of drug-likeness (QED) is 0.686. The van der Waals surface area contributed by atoms with Crippen molar-refractivity contribution in [2.24, 2.45) is 0 Å². The first-order valence-corrected chi connectivity index (χ1v) is 6.25. The van der Waals surface area contributed by atoms with Crippen LogP contribution in [-0.2, 0) is 0 Å². The summed E-state index contributed by atoms with van der Waals surface area (Å²) in [5.41, 5.74) is 5.96. The van der Waals surface area contributed by atoms with Gasteiger partial charge in [0, 0.05) is 12.2 Å². The third-order valence-electron chi connectivity index (χ3n) is 2.93. The molecule has 8 heteroatoms. The molecular weight excluding hydrogens is 277 g/mol. The largest absolute Gasteiger partial charge is 0.368 e. The molecule has 1 aromatic carbocycles. The lowest BCUT2D eigenvalue weighted by Gasteiger charge is -2.22. The van der Waals surface area contributed by atoms with Crippen LogP contribution in [0.1, 0.15) is 12.6 Å². The molecule has 0 spiro atoms. The molecule has 0 bridgehead atoms. The Kier molecular flexibility index (Phi) is 3.97. The number of aryl methyl sites for hydroxylation is 1. The minimum atomic E-state index is -0.563. The molecule has 0 aliphatic heterocycles. The normalized spacial score (nSPS) is 10.4. The zero-order valence-electron chi connectivity index (χ0n) is 11.6. The fourth-order valence-corrected chi connectivity index (χ4v) is 2.07. The SMILES string of the molecule is CCN(c1cccc(F)c1)c1nc(N)nc(C)c1[N+](=O)[O-]. The number of aromatic nitrogens is 2. The predicted octanol–water partition coefficient (Wildman–Crippen LogP) is 2.57. The van der Waals surface area contributed by atoms with E-state index >= 15 is 0 Å². The summed E-state index contributed by atoms with van der Waals surface area (Å²) in [6, 6.07) is 5.74. The lowest BCUT2D eigenvalue weighted by atomic mass is 10.2. The van der Waals surface area contributed by atoms with Crippen LogP contribution in [0.4, 0.5) is 27.5 Å². The first-order valence-electron chi connectivity index (χ1n) is 6.25. The Morgan fingerprint density at radius 2 is 2.14 bits per heavy atom. The highest BCUT2D eigenvalue weighted by molar-refractivity contribution is 5.70. The summed E-state index contributed by atoms with van der Waals surface area (Å²) < 4.78 is 13.4. The summed E-state index contributed by atoms with van der Waals surface area (Å²) in [4.78, 5) is 20.0. The van der Waals surface area contributed by atoms with Crippen molar-refractivity contribution in [2.45, 2.75) is 13.8 Å². The maximum atomic E-state index is 13.4. The molecule has 110 valence electrons. The second kappa shape index (κ2) is 5.70. The lowest BCUT2D eigenvalue weighted by molar-refractivity contribution is -0.385. The molecule has 0 unspecified atom stereocenters. The number of nitrogens with zero attached hydrogens (tertiary/aromatic N) is 4. The van der Waals surface area contributed by atoms with Crippen molar-refractivity contribution in [3.63, 3.8) is 0 Å². The highest BCUT2D eigenvalue weighted by atomic mass is 19.1. The Morgan fingerprint density at radius 1 is 1.43 bits per heavy atom. The molecule has 0 aliphatic carbocycles. The number of anilines is 3. The summed E-state index contributed by atoms with van der Waals surface area (Å²) in [6.45, 7) is 3.63. The molecule has 0 saturated carbocycles. The topological polar surface area (TPSA) is 98.2 Å². The second-order valence-electron chi connectivity index (χ2n) is 4.32. The Balaban J connectivity index is 2.65. The van der Waals surface area contributed by atoms with Gasteiger partial charge in [0.15, 0.2) is 0 Å². The fraction of sp³-hybridized carbons (Fsp3) is 0.231.